The molecule has 0 spiro atoms. The quantitative estimate of drug-likeness (QED) is 0.831. The van der Waals surface area contributed by atoms with Crippen LogP contribution in [0.15, 0.2) is 46.9 Å². The summed E-state index contributed by atoms with van der Waals surface area (Å²) in [5.41, 5.74) is 0.658. The Morgan fingerprint density at radius 2 is 2.09 bits per heavy atom. The van der Waals surface area contributed by atoms with Crippen LogP contribution >= 0.6 is 27.5 Å². The number of hydrogen-bond acceptors (Lipinski definition) is 2. The number of amides is 1. The first-order chi connectivity index (χ1) is 10.5. The monoisotopic (exact) mass is 385 g/mol. The van der Waals surface area contributed by atoms with E-state index in [2.05, 4.69) is 21.2 Å². The summed E-state index contributed by atoms with van der Waals surface area (Å²) >= 11 is 9.19. The van der Waals surface area contributed by atoms with Crippen LogP contribution in [0.3, 0.4) is 0 Å². The van der Waals surface area contributed by atoms with Crippen molar-refractivity contribution in [1.29, 1.82) is 0 Å². The van der Waals surface area contributed by atoms with E-state index in [9.17, 15) is 9.18 Å². The Morgan fingerprint density at radius 1 is 1.36 bits per heavy atom. The smallest absolute Gasteiger partial charge is 0.261 e. The van der Waals surface area contributed by atoms with Gasteiger partial charge in [-0.1, -0.05) is 39.7 Å². The predicted molar refractivity (Wildman–Crippen MR) is 87.5 cm³/mol. The molecule has 1 unspecified atom stereocenters. The van der Waals surface area contributed by atoms with Gasteiger partial charge in [0.1, 0.15) is 11.6 Å². The molecular weight excluding hydrogens is 373 g/mol. The molecule has 0 aliphatic carbocycles. The maximum absolute atomic E-state index is 13.3. The van der Waals surface area contributed by atoms with E-state index < -0.39 is 6.10 Å². The molecule has 2 aromatic rings. The summed E-state index contributed by atoms with van der Waals surface area (Å²) in [4.78, 5) is 12.0. The molecule has 116 valence electrons. The first-order valence-electron chi connectivity index (χ1n) is 6.59. The van der Waals surface area contributed by atoms with Crippen molar-refractivity contribution in [3.05, 3.63) is 63.3 Å². The van der Waals surface area contributed by atoms with Gasteiger partial charge in [-0.3, -0.25) is 4.79 Å². The zero-order valence-corrected chi connectivity index (χ0v) is 14.1. The number of rotatable bonds is 5. The van der Waals surface area contributed by atoms with Gasteiger partial charge in [-0.25, -0.2) is 4.39 Å². The Labute approximate surface area is 141 Å². The summed E-state index contributed by atoms with van der Waals surface area (Å²) in [7, 11) is 0. The van der Waals surface area contributed by atoms with Crippen molar-refractivity contribution in [2.24, 2.45) is 0 Å². The SMILES string of the molecule is CC(Oc1ccccc1Cl)C(=O)NCc1cc(F)cc(Br)c1. The van der Waals surface area contributed by atoms with Gasteiger partial charge in [0.15, 0.2) is 6.10 Å². The fourth-order valence-corrected chi connectivity index (χ4v) is 2.52. The van der Waals surface area contributed by atoms with E-state index in [0.29, 0.717) is 20.8 Å². The molecule has 1 amide bonds. The summed E-state index contributed by atoms with van der Waals surface area (Å²) in [5, 5.41) is 3.14. The fourth-order valence-electron chi connectivity index (χ4n) is 1.83. The Balaban J connectivity index is 1.93. The standard InChI is InChI=1S/C16H14BrClFNO2/c1-10(22-15-5-3-2-4-14(15)18)16(21)20-9-11-6-12(17)8-13(19)7-11/h2-8,10H,9H2,1H3,(H,20,21). The van der Waals surface area contributed by atoms with E-state index in [1.54, 1.807) is 37.3 Å². The topological polar surface area (TPSA) is 38.3 Å². The van der Waals surface area contributed by atoms with Gasteiger partial charge in [0.05, 0.1) is 5.02 Å². The summed E-state index contributed by atoms with van der Waals surface area (Å²) in [6.45, 7) is 1.84. The second-order valence-corrected chi connectivity index (χ2v) is 6.01. The highest BCUT2D eigenvalue weighted by atomic mass is 79.9. The van der Waals surface area contributed by atoms with Crippen LogP contribution in [0.2, 0.25) is 5.02 Å². The minimum atomic E-state index is -0.711. The maximum atomic E-state index is 13.3. The number of hydrogen-bond donors (Lipinski definition) is 1. The third kappa shape index (κ3) is 4.71. The third-order valence-corrected chi connectivity index (χ3v) is 3.67. The highest BCUT2D eigenvalue weighted by Crippen LogP contribution is 2.24. The molecule has 0 aromatic heterocycles. The molecule has 0 aliphatic heterocycles. The second-order valence-electron chi connectivity index (χ2n) is 4.69. The highest BCUT2D eigenvalue weighted by Gasteiger charge is 2.15. The van der Waals surface area contributed by atoms with Crippen LogP contribution in [0.1, 0.15) is 12.5 Å². The van der Waals surface area contributed by atoms with Crippen molar-refractivity contribution >= 4 is 33.4 Å². The number of nitrogens with one attached hydrogen (secondary N) is 1. The van der Waals surface area contributed by atoms with Crippen LogP contribution in [-0.4, -0.2) is 12.0 Å². The molecule has 2 aromatic carbocycles. The summed E-state index contributed by atoms with van der Waals surface area (Å²) < 4.78 is 19.4. The van der Waals surface area contributed by atoms with Gasteiger partial charge in [0.2, 0.25) is 0 Å². The van der Waals surface area contributed by atoms with Crippen molar-refractivity contribution in [2.45, 2.75) is 19.6 Å². The molecule has 2 rings (SSSR count). The number of carbonyl (C=O) groups excluding carboxylic acids is 1. The van der Waals surface area contributed by atoms with Crippen molar-refractivity contribution in [3.63, 3.8) is 0 Å². The van der Waals surface area contributed by atoms with E-state index >= 15 is 0 Å². The molecule has 0 saturated carbocycles. The van der Waals surface area contributed by atoms with Crippen molar-refractivity contribution < 1.29 is 13.9 Å². The molecule has 0 heterocycles. The number of para-hydroxylation sites is 1. The van der Waals surface area contributed by atoms with Crippen LogP contribution in [0.25, 0.3) is 0 Å². The van der Waals surface area contributed by atoms with Gasteiger partial charge < -0.3 is 10.1 Å². The van der Waals surface area contributed by atoms with Crippen LogP contribution in [0, 0.1) is 5.82 Å². The van der Waals surface area contributed by atoms with E-state index in [0.717, 1.165) is 0 Å². The molecule has 22 heavy (non-hydrogen) atoms. The number of halogens is 3. The molecule has 1 N–H and O–H groups in total. The molecule has 0 fully saturated rings. The summed E-state index contributed by atoms with van der Waals surface area (Å²) in [6, 6.07) is 11.4. The molecule has 6 heteroatoms. The molecule has 1 atom stereocenters. The Hall–Kier alpha value is -1.59. The van der Waals surface area contributed by atoms with E-state index in [-0.39, 0.29) is 18.3 Å². The van der Waals surface area contributed by atoms with E-state index in [1.165, 1.54) is 12.1 Å². The average molecular weight is 387 g/mol. The normalized spacial score (nSPS) is 11.8. The van der Waals surface area contributed by atoms with Gasteiger partial charge in [-0.2, -0.15) is 0 Å². The zero-order chi connectivity index (χ0) is 16.1. The molecule has 0 aliphatic rings. The zero-order valence-electron chi connectivity index (χ0n) is 11.8. The molecule has 0 radical (unpaired) electrons. The Morgan fingerprint density at radius 3 is 2.77 bits per heavy atom. The molecule has 0 bridgehead atoms. The second kappa shape index (κ2) is 7.61. The maximum Gasteiger partial charge on any atom is 0.261 e. The number of ether oxygens (including phenoxy) is 1. The molecular formula is C16H14BrClFNO2. The number of benzene rings is 2. The molecule has 3 nitrogen and oxygen atoms in total. The van der Waals surface area contributed by atoms with Gasteiger partial charge in [0, 0.05) is 11.0 Å². The van der Waals surface area contributed by atoms with Gasteiger partial charge in [0.25, 0.3) is 5.91 Å². The lowest BCUT2D eigenvalue weighted by Gasteiger charge is -2.15. The van der Waals surface area contributed by atoms with Crippen molar-refractivity contribution in [1.82, 2.24) is 5.32 Å². The largest absolute Gasteiger partial charge is 0.479 e. The Kier molecular flexibility index (Phi) is 5.80. The lowest BCUT2D eigenvalue weighted by Crippen LogP contribution is -2.36. The first-order valence-corrected chi connectivity index (χ1v) is 7.76. The van der Waals surface area contributed by atoms with E-state index in [1.807, 2.05) is 0 Å². The van der Waals surface area contributed by atoms with Crippen LogP contribution in [-0.2, 0) is 11.3 Å². The van der Waals surface area contributed by atoms with Crippen molar-refractivity contribution in [2.75, 3.05) is 0 Å². The van der Waals surface area contributed by atoms with Crippen LogP contribution in [0.5, 0.6) is 5.75 Å². The number of carbonyl (C=O) groups is 1. The summed E-state index contributed by atoms with van der Waals surface area (Å²) in [5.74, 6) is -0.223. The third-order valence-electron chi connectivity index (χ3n) is 2.90. The fraction of sp³-hybridized carbons (Fsp3) is 0.188. The predicted octanol–water partition coefficient (Wildman–Crippen LogP) is 4.33. The van der Waals surface area contributed by atoms with Gasteiger partial charge in [-0.05, 0) is 42.8 Å². The lowest BCUT2D eigenvalue weighted by atomic mass is 10.2. The highest BCUT2D eigenvalue weighted by molar-refractivity contribution is 9.10. The Bertz CT molecular complexity index is 661. The lowest BCUT2D eigenvalue weighted by molar-refractivity contribution is -0.127. The summed E-state index contributed by atoms with van der Waals surface area (Å²) in [6.07, 6.45) is -0.711. The minimum absolute atomic E-state index is 0.214. The first kappa shape index (κ1) is 16.8. The molecule has 0 saturated heterocycles. The minimum Gasteiger partial charge on any atom is -0.479 e. The van der Waals surface area contributed by atoms with E-state index in [4.69, 9.17) is 16.3 Å². The average Bonchev–Trinajstić information content (AvgIpc) is 2.46. The van der Waals surface area contributed by atoms with Gasteiger partial charge in [-0.15, -0.1) is 0 Å². The van der Waals surface area contributed by atoms with Crippen molar-refractivity contribution in [3.8, 4) is 5.75 Å². The van der Waals surface area contributed by atoms with Gasteiger partial charge >= 0.3 is 0 Å². The van der Waals surface area contributed by atoms with Crippen LogP contribution in [0.4, 0.5) is 4.39 Å². The van der Waals surface area contributed by atoms with Crippen LogP contribution < -0.4 is 10.1 Å².